The first-order valence-electron chi connectivity index (χ1n) is 10.3. The van der Waals surface area contributed by atoms with Gasteiger partial charge >= 0.3 is 11.9 Å². The summed E-state index contributed by atoms with van der Waals surface area (Å²) in [5, 5.41) is 29.2. The van der Waals surface area contributed by atoms with E-state index in [1.165, 1.54) is 0 Å². The average Bonchev–Trinajstić information content (AvgIpc) is 2.75. The van der Waals surface area contributed by atoms with Crippen molar-refractivity contribution < 1.29 is 29.4 Å². The van der Waals surface area contributed by atoms with Crippen LogP contribution in [0.5, 0.6) is 0 Å². The number of guanidine groups is 1. The van der Waals surface area contributed by atoms with Crippen molar-refractivity contribution in [1.82, 2.24) is 20.9 Å². The van der Waals surface area contributed by atoms with E-state index in [1.54, 1.807) is 24.3 Å². The fourth-order valence-electron chi connectivity index (χ4n) is 3.75. The van der Waals surface area contributed by atoms with Gasteiger partial charge in [0.1, 0.15) is 18.2 Å². The summed E-state index contributed by atoms with van der Waals surface area (Å²) in [7, 11) is 1.85. The number of carbonyl (C=O) groups excluding carboxylic acids is 2. The lowest BCUT2D eigenvalue weighted by Crippen LogP contribution is -2.69. The summed E-state index contributed by atoms with van der Waals surface area (Å²) in [6.45, 7) is 1.10. The zero-order valence-corrected chi connectivity index (χ0v) is 17.9. The lowest BCUT2D eigenvalue weighted by Gasteiger charge is -2.44. The Kier molecular flexibility index (Phi) is 7.45. The maximum Gasteiger partial charge on any atom is 0.326 e. The zero-order valence-electron chi connectivity index (χ0n) is 17.9. The number of rotatable bonds is 9. The molecule has 0 spiro atoms. The van der Waals surface area contributed by atoms with Gasteiger partial charge in [0.15, 0.2) is 5.96 Å². The number of aliphatic carboxylic acids is 2. The Labute approximate surface area is 189 Å². The minimum atomic E-state index is -1.30. The van der Waals surface area contributed by atoms with Gasteiger partial charge in [-0.15, -0.1) is 0 Å². The molecular weight excluding hydrogens is 434 g/mol. The van der Waals surface area contributed by atoms with Crippen LogP contribution in [0.2, 0.25) is 0 Å². The van der Waals surface area contributed by atoms with Crippen molar-refractivity contribution in [2.45, 2.75) is 37.1 Å². The van der Waals surface area contributed by atoms with Gasteiger partial charge in [0.2, 0.25) is 5.91 Å². The molecule has 3 rings (SSSR count). The van der Waals surface area contributed by atoms with Gasteiger partial charge in [-0.2, -0.15) is 0 Å². The standard InChI is InChI=1S/C20H27N7O6/c1-27-12(9-23-16-15(27)18(31)26-20(21)25-16)8-22-11-4-2-10(3-5-11)17(30)24-13(19(32)33)6-7-14(28)29/h2-5,12-13,15-16,22-23H,6-9H2,1H3,(H,24,30)(H,28,29)(H,32,33)(H3,21,25,26,31). The van der Waals surface area contributed by atoms with Gasteiger partial charge in [-0.25, -0.2) is 9.79 Å². The van der Waals surface area contributed by atoms with Crippen LogP contribution >= 0.6 is 0 Å². The highest BCUT2D eigenvalue weighted by atomic mass is 16.4. The van der Waals surface area contributed by atoms with Gasteiger partial charge < -0.3 is 26.6 Å². The van der Waals surface area contributed by atoms with E-state index in [4.69, 9.17) is 10.8 Å². The van der Waals surface area contributed by atoms with Crippen LogP contribution in [0.25, 0.3) is 0 Å². The number of nitrogens with two attached hydrogens (primary N) is 1. The number of hydrogen-bond acceptors (Lipinski definition) is 9. The molecule has 2 aliphatic heterocycles. The molecule has 33 heavy (non-hydrogen) atoms. The van der Waals surface area contributed by atoms with Crippen LogP contribution in [-0.2, 0) is 14.4 Å². The second kappa shape index (κ2) is 10.3. The van der Waals surface area contributed by atoms with E-state index in [-0.39, 0.29) is 36.3 Å². The second-order valence-electron chi connectivity index (χ2n) is 7.88. The maximum atomic E-state index is 12.3. The third-order valence-electron chi connectivity index (χ3n) is 5.61. The van der Waals surface area contributed by atoms with E-state index in [2.05, 4.69) is 26.3 Å². The first-order chi connectivity index (χ1) is 15.7. The SMILES string of the molecule is CN1C(CNc2ccc(C(=O)NC(CCC(=O)O)C(=O)O)cc2)CNC2N=C(N)NC(=O)C21. The van der Waals surface area contributed by atoms with Crippen LogP contribution in [0.1, 0.15) is 23.2 Å². The molecule has 13 nitrogen and oxygen atoms in total. The molecule has 13 heteroatoms. The maximum absolute atomic E-state index is 12.3. The molecule has 1 fully saturated rings. The first-order valence-corrected chi connectivity index (χ1v) is 10.3. The lowest BCUT2D eigenvalue weighted by atomic mass is 10.0. The number of nitrogens with zero attached hydrogens (tertiary/aromatic N) is 2. The molecule has 0 saturated carbocycles. The second-order valence-corrected chi connectivity index (χ2v) is 7.88. The number of likely N-dealkylation sites (N-methyl/N-ethyl adjacent to an activating group) is 1. The molecule has 8 N–H and O–H groups in total. The fraction of sp³-hybridized carbons (Fsp3) is 0.450. The highest BCUT2D eigenvalue weighted by Gasteiger charge is 2.41. The van der Waals surface area contributed by atoms with Crippen LogP contribution in [-0.4, -0.2) is 89.3 Å². The van der Waals surface area contributed by atoms with Crippen LogP contribution in [0, 0.1) is 0 Å². The number of aliphatic imine (C=N–C) groups is 1. The fourth-order valence-corrected chi connectivity index (χ4v) is 3.75. The highest BCUT2D eigenvalue weighted by Crippen LogP contribution is 2.18. The van der Waals surface area contributed by atoms with Gasteiger partial charge in [0.25, 0.3) is 5.91 Å². The van der Waals surface area contributed by atoms with Crippen molar-refractivity contribution in [2.75, 3.05) is 25.5 Å². The summed E-state index contributed by atoms with van der Waals surface area (Å²) in [5.74, 6) is -3.16. The quantitative estimate of drug-likeness (QED) is 0.220. The Hall–Kier alpha value is -3.71. The van der Waals surface area contributed by atoms with Crippen LogP contribution < -0.4 is 27.0 Å². The third-order valence-corrected chi connectivity index (χ3v) is 5.61. The summed E-state index contributed by atoms with van der Waals surface area (Å²) in [4.78, 5) is 52.7. The molecule has 2 amide bonds. The Balaban J connectivity index is 1.54. The normalized spacial score (nSPS) is 23.5. The molecule has 0 bridgehead atoms. The van der Waals surface area contributed by atoms with Gasteiger partial charge in [0, 0.05) is 36.8 Å². The topological polar surface area (TPSA) is 198 Å². The van der Waals surface area contributed by atoms with E-state index in [9.17, 15) is 24.3 Å². The summed E-state index contributed by atoms with van der Waals surface area (Å²) < 4.78 is 0. The van der Waals surface area contributed by atoms with Crippen LogP contribution in [0.3, 0.4) is 0 Å². The van der Waals surface area contributed by atoms with Gasteiger partial charge in [-0.1, -0.05) is 0 Å². The number of fused-ring (bicyclic) bond motifs is 1. The Bertz CT molecular complexity index is 951. The number of piperazine rings is 1. The largest absolute Gasteiger partial charge is 0.481 e. The van der Waals surface area contributed by atoms with Crippen molar-refractivity contribution in [2.24, 2.45) is 10.7 Å². The van der Waals surface area contributed by atoms with Crippen molar-refractivity contribution in [3.63, 3.8) is 0 Å². The molecule has 1 aromatic rings. The Morgan fingerprint density at radius 3 is 2.61 bits per heavy atom. The summed E-state index contributed by atoms with van der Waals surface area (Å²) in [6.07, 6.45) is -0.979. The summed E-state index contributed by atoms with van der Waals surface area (Å²) >= 11 is 0. The van der Waals surface area contributed by atoms with E-state index >= 15 is 0 Å². The molecule has 1 aromatic carbocycles. The van der Waals surface area contributed by atoms with E-state index in [0.29, 0.717) is 13.1 Å². The first kappa shape index (κ1) is 23.9. The molecule has 1 saturated heterocycles. The van der Waals surface area contributed by atoms with Crippen molar-refractivity contribution in [1.29, 1.82) is 0 Å². The number of nitrogens with one attached hydrogen (secondary N) is 4. The molecule has 0 radical (unpaired) electrons. The lowest BCUT2D eigenvalue weighted by molar-refractivity contribution is -0.140. The molecular formula is C20H27N7O6. The van der Waals surface area contributed by atoms with Crippen LogP contribution in [0.15, 0.2) is 29.3 Å². The minimum absolute atomic E-state index is 0.0138. The zero-order chi connectivity index (χ0) is 24.1. The predicted molar refractivity (Wildman–Crippen MR) is 118 cm³/mol. The van der Waals surface area contributed by atoms with Crippen LogP contribution in [0.4, 0.5) is 5.69 Å². The molecule has 4 atom stereocenters. The summed E-state index contributed by atoms with van der Waals surface area (Å²) in [5.41, 5.74) is 6.60. The summed E-state index contributed by atoms with van der Waals surface area (Å²) in [6, 6.07) is 4.66. The van der Waals surface area contributed by atoms with Gasteiger partial charge in [-0.05, 0) is 37.7 Å². The van der Waals surface area contributed by atoms with Crippen molar-refractivity contribution in [3.8, 4) is 0 Å². The number of carboxylic acids is 2. The van der Waals surface area contributed by atoms with E-state index in [0.717, 1.165) is 5.69 Å². The Morgan fingerprint density at radius 2 is 1.97 bits per heavy atom. The molecule has 0 aromatic heterocycles. The number of hydrogen-bond donors (Lipinski definition) is 7. The van der Waals surface area contributed by atoms with Crippen molar-refractivity contribution in [3.05, 3.63) is 29.8 Å². The number of carboxylic acid groups (broad SMARTS) is 2. The number of anilines is 1. The molecule has 2 aliphatic rings. The molecule has 178 valence electrons. The minimum Gasteiger partial charge on any atom is -0.481 e. The highest BCUT2D eigenvalue weighted by molar-refractivity contribution is 6.01. The average molecular weight is 461 g/mol. The number of benzene rings is 1. The van der Waals surface area contributed by atoms with Gasteiger partial charge in [-0.3, -0.25) is 29.9 Å². The van der Waals surface area contributed by atoms with Crippen molar-refractivity contribution >= 4 is 35.4 Å². The molecule has 2 heterocycles. The Morgan fingerprint density at radius 1 is 1.27 bits per heavy atom. The monoisotopic (exact) mass is 461 g/mol. The molecule has 0 aliphatic carbocycles. The number of amides is 2. The smallest absolute Gasteiger partial charge is 0.326 e. The third kappa shape index (κ3) is 5.96. The predicted octanol–water partition coefficient (Wildman–Crippen LogP) is -1.81. The van der Waals surface area contributed by atoms with E-state index in [1.807, 2.05) is 11.9 Å². The molecule has 4 unspecified atom stereocenters. The number of carbonyl (C=O) groups is 4. The van der Waals surface area contributed by atoms with E-state index < -0.39 is 36.1 Å². The van der Waals surface area contributed by atoms with Gasteiger partial charge in [0.05, 0.1) is 0 Å².